The summed E-state index contributed by atoms with van der Waals surface area (Å²) in [4.78, 5) is 11.8. The summed E-state index contributed by atoms with van der Waals surface area (Å²) in [6.07, 6.45) is 1.69. The van der Waals surface area contributed by atoms with Gasteiger partial charge in [0.25, 0.3) is 0 Å². The minimum absolute atomic E-state index is 0.0996. The maximum Gasteiger partial charge on any atom is 0.244 e. The highest BCUT2D eigenvalue weighted by atomic mass is 35.5. The summed E-state index contributed by atoms with van der Waals surface area (Å²) < 4.78 is 1.58. The van der Waals surface area contributed by atoms with E-state index in [1.54, 1.807) is 47.2 Å². The van der Waals surface area contributed by atoms with Crippen LogP contribution in [0.25, 0.3) is 0 Å². The van der Waals surface area contributed by atoms with Crippen molar-refractivity contribution in [1.29, 1.82) is 5.26 Å². The van der Waals surface area contributed by atoms with Crippen molar-refractivity contribution in [2.45, 2.75) is 6.54 Å². The Labute approximate surface area is 109 Å². The molecule has 0 saturated heterocycles. The van der Waals surface area contributed by atoms with Crippen molar-refractivity contribution in [3.8, 4) is 6.07 Å². The predicted octanol–water partition coefficient (Wildman–Crippen LogP) is 2.65. The molecular weight excluding hydrogens is 250 g/mol. The second-order valence-electron chi connectivity index (χ2n) is 3.69. The standard InChI is InChI=1S/C13H10ClN3O/c14-10-3-1-4-11(7-10)16-13(18)9-17-6-2-5-12(17)8-15/h1-7H,9H2,(H,16,18). The van der Waals surface area contributed by atoms with Gasteiger partial charge in [-0.25, -0.2) is 0 Å². The number of amides is 1. The van der Waals surface area contributed by atoms with Crippen LogP contribution in [0.4, 0.5) is 5.69 Å². The Morgan fingerprint density at radius 1 is 1.39 bits per heavy atom. The van der Waals surface area contributed by atoms with Gasteiger partial charge in [0.1, 0.15) is 18.3 Å². The molecule has 1 aromatic carbocycles. The maximum absolute atomic E-state index is 11.8. The van der Waals surface area contributed by atoms with Crippen LogP contribution in [0.3, 0.4) is 0 Å². The summed E-state index contributed by atoms with van der Waals surface area (Å²) in [6.45, 7) is 0.0996. The zero-order chi connectivity index (χ0) is 13.0. The van der Waals surface area contributed by atoms with Crippen molar-refractivity contribution >= 4 is 23.2 Å². The number of rotatable bonds is 3. The third kappa shape index (κ3) is 2.90. The van der Waals surface area contributed by atoms with Crippen LogP contribution in [0.5, 0.6) is 0 Å². The first-order valence-electron chi connectivity index (χ1n) is 5.30. The number of hydrogen-bond acceptors (Lipinski definition) is 2. The Balaban J connectivity index is 2.04. The first-order chi connectivity index (χ1) is 8.69. The lowest BCUT2D eigenvalue weighted by atomic mass is 10.3. The molecule has 1 amide bonds. The number of aromatic nitrogens is 1. The van der Waals surface area contributed by atoms with Gasteiger partial charge in [0.2, 0.25) is 5.91 Å². The van der Waals surface area contributed by atoms with Gasteiger partial charge < -0.3 is 9.88 Å². The van der Waals surface area contributed by atoms with Crippen LogP contribution in [0.1, 0.15) is 5.69 Å². The average Bonchev–Trinajstić information content (AvgIpc) is 2.76. The van der Waals surface area contributed by atoms with Gasteiger partial charge in [-0.3, -0.25) is 4.79 Å². The largest absolute Gasteiger partial charge is 0.330 e. The summed E-state index contributed by atoms with van der Waals surface area (Å²) in [5.74, 6) is -0.204. The second kappa shape index (κ2) is 5.39. The van der Waals surface area contributed by atoms with Crippen molar-refractivity contribution in [3.63, 3.8) is 0 Å². The molecule has 4 nitrogen and oxygen atoms in total. The van der Waals surface area contributed by atoms with Crippen LogP contribution in [-0.4, -0.2) is 10.5 Å². The molecule has 0 aliphatic rings. The number of nitrogens with one attached hydrogen (secondary N) is 1. The smallest absolute Gasteiger partial charge is 0.244 e. The van der Waals surface area contributed by atoms with E-state index in [0.29, 0.717) is 16.4 Å². The molecule has 0 saturated carbocycles. The lowest BCUT2D eigenvalue weighted by Gasteiger charge is -2.07. The van der Waals surface area contributed by atoms with Gasteiger partial charge in [-0.05, 0) is 30.3 Å². The molecule has 0 spiro atoms. The molecule has 1 aromatic heterocycles. The highest BCUT2D eigenvalue weighted by Crippen LogP contribution is 2.14. The Morgan fingerprint density at radius 3 is 2.94 bits per heavy atom. The lowest BCUT2D eigenvalue weighted by Crippen LogP contribution is -2.18. The number of carbonyl (C=O) groups excluding carboxylic acids is 1. The highest BCUT2D eigenvalue weighted by molar-refractivity contribution is 6.30. The van der Waals surface area contributed by atoms with E-state index in [2.05, 4.69) is 5.32 Å². The van der Waals surface area contributed by atoms with E-state index in [9.17, 15) is 4.79 Å². The van der Waals surface area contributed by atoms with Crippen molar-refractivity contribution < 1.29 is 4.79 Å². The number of nitrogens with zero attached hydrogens (tertiary/aromatic N) is 2. The van der Waals surface area contributed by atoms with Gasteiger partial charge in [-0.15, -0.1) is 0 Å². The molecule has 1 heterocycles. The summed E-state index contributed by atoms with van der Waals surface area (Å²) in [7, 11) is 0. The molecule has 0 unspecified atom stereocenters. The highest BCUT2D eigenvalue weighted by Gasteiger charge is 2.06. The summed E-state index contributed by atoms with van der Waals surface area (Å²) >= 11 is 5.82. The number of hydrogen-bond donors (Lipinski definition) is 1. The molecule has 0 fully saturated rings. The van der Waals surface area contributed by atoms with Crippen molar-refractivity contribution in [2.75, 3.05) is 5.32 Å². The molecule has 90 valence electrons. The van der Waals surface area contributed by atoms with Crippen LogP contribution >= 0.6 is 11.6 Å². The lowest BCUT2D eigenvalue weighted by molar-refractivity contribution is -0.116. The van der Waals surface area contributed by atoms with Crippen molar-refractivity contribution in [1.82, 2.24) is 4.57 Å². The van der Waals surface area contributed by atoms with Gasteiger partial charge in [0, 0.05) is 16.9 Å². The van der Waals surface area contributed by atoms with Crippen LogP contribution in [0.15, 0.2) is 42.6 Å². The molecule has 1 N–H and O–H groups in total. The van der Waals surface area contributed by atoms with E-state index in [1.165, 1.54) is 0 Å². The Hall–Kier alpha value is -2.25. The number of benzene rings is 1. The SMILES string of the molecule is N#Cc1cccn1CC(=O)Nc1cccc(Cl)c1. The zero-order valence-electron chi connectivity index (χ0n) is 9.43. The molecule has 0 bridgehead atoms. The molecule has 2 aromatic rings. The fourth-order valence-corrected chi connectivity index (χ4v) is 1.77. The van der Waals surface area contributed by atoms with E-state index >= 15 is 0 Å². The van der Waals surface area contributed by atoms with Crippen LogP contribution < -0.4 is 5.32 Å². The summed E-state index contributed by atoms with van der Waals surface area (Å²) in [5, 5.41) is 12.1. The van der Waals surface area contributed by atoms with E-state index in [0.717, 1.165) is 0 Å². The van der Waals surface area contributed by atoms with Gasteiger partial charge >= 0.3 is 0 Å². The van der Waals surface area contributed by atoms with E-state index in [1.807, 2.05) is 6.07 Å². The van der Waals surface area contributed by atoms with Crippen molar-refractivity contribution in [3.05, 3.63) is 53.3 Å². The quantitative estimate of drug-likeness (QED) is 0.921. The fourth-order valence-electron chi connectivity index (χ4n) is 1.57. The molecule has 2 rings (SSSR count). The van der Waals surface area contributed by atoms with Crippen LogP contribution in [0, 0.1) is 11.3 Å². The zero-order valence-corrected chi connectivity index (χ0v) is 10.2. The topological polar surface area (TPSA) is 57.8 Å². The predicted molar refractivity (Wildman–Crippen MR) is 69.2 cm³/mol. The average molecular weight is 260 g/mol. The summed E-state index contributed by atoms with van der Waals surface area (Å²) in [5.41, 5.74) is 1.09. The second-order valence-corrected chi connectivity index (χ2v) is 4.13. The number of nitriles is 1. The molecule has 0 aliphatic heterocycles. The third-order valence-electron chi connectivity index (χ3n) is 2.37. The molecule has 0 atom stereocenters. The Bertz CT molecular complexity index is 613. The molecular formula is C13H10ClN3O. The molecule has 5 heteroatoms. The Morgan fingerprint density at radius 2 is 2.22 bits per heavy atom. The van der Waals surface area contributed by atoms with E-state index in [-0.39, 0.29) is 12.5 Å². The Kier molecular flexibility index (Phi) is 3.66. The van der Waals surface area contributed by atoms with Crippen LogP contribution in [-0.2, 0) is 11.3 Å². The minimum atomic E-state index is -0.204. The van der Waals surface area contributed by atoms with Gasteiger partial charge in [0.15, 0.2) is 0 Å². The van der Waals surface area contributed by atoms with E-state index < -0.39 is 0 Å². The monoisotopic (exact) mass is 259 g/mol. The third-order valence-corrected chi connectivity index (χ3v) is 2.60. The van der Waals surface area contributed by atoms with E-state index in [4.69, 9.17) is 16.9 Å². The van der Waals surface area contributed by atoms with Gasteiger partial charge in [0.05, 0.1) is 0 Å². The van der Waals surface area contributed by atoms with Gasteiger partial charge in [-0.1, -0.05) is 17.7 Å². The maximum atomic E-state index is 11.8. The minimum Gasteiger partial charge on any atom is -0.330 e. The normalized spacial score (nSPS) is 9.78. The fraction of sp³-hybridized carbons (Fsp3) is 0.0769. The first-order valence-corrected chi connectivity index (χ1v) is 5.67. The van der Waals surface area contributed by atoms with Crippen molar-refractivity contribution in [2.24, 2.45) is 0 Å². The summed E-state index contributed by atoms with van der Waals surface area (Å²) in [6, 6.07) is 12.3. The molecule has 0 aliphatic carbocycles. The number of halogens is 1. The number of anilines is 1. The van der Waals surface area contributed by atoms with Crippen LogP contribution in [0.2, 0.25) is 5.02 Å². The molecule has 0 radical (unpaired) electrons. The first kappa shape index (κ1) is 12.2. The number of carbonyl (C=O) groups is 1. The van der Waals surface area contributed by atoms with Gasteiger partial charge in [-0.2, -0.15) is 5.26 Å². The molecule has 18 heavy (non-hydrogen) atoms.